The predicted molar refractivity (Wildman–Crippen MR) is 104 cm³/mol. The van der Waals surface area contributed by atoms with Gasteiger partial charge in [0, 0.05) is 19.7 Å². The minimum Gasteiger partial charge on any atom is -0.376 e. The van der Waals surface area contributed by atoms with E-state index in [9.17, 15) is 9.59 Å². The van der Waals surface area contributed by atoms with Crippen molar-refractivity contribution in [3.8, 4) is 0 Å². The zero-order chi connectivity index (χ0) is 19.2. The Labute approximate surface area is 161 Å². The molecular formula is C21H31N3O3. The van der Waals surface area contributed by atoms with Crippen LogP contribution in [0.1, 0.15) is 44.2 Å². The van der Waals surface area contributed by atoms with E-state index >= 15 is 0 Å². The third-order valence-corrected chi connectivity index (χ3v) is 5.72. The number of hydrogen-bond donors (Lipinski definition) is 3. The van der Waals surface area contributed by atoms with Gasteiger partial charge >= 0.3 is 0 Å². The highest BCUT2D eigenvalue weighted by atomic mass is 16.5. The summed E-state index contributed by atoms with van der Waals surface area (Å²) in [5, 5.41) is 9.24. The predicted octanol–water partition coefficient (Wildman–Crippen LogP) is 1.53. The Hall–Kier alpha value is -1.92. The van der Waals surface area contributed by atoms with E-state index in [1.165, 1.54) is 11.1 Å². The Bertz CT molecular complexity index is 658. The van der Waals surface area contributed by atoms with Gasteiger partial charge in [0.1, 0.15) is 6.04 Å². The molecule has 148 valence electrons. The molecule has 0 bridgehead atoms. The number of benzene rings is 1. The van der Waals surface area contributed by atoms with Gasteiger partial charge in [-0.05, 0) is 36.3 Å². The number of ether oxygens (including phenoxy) is 1. The smallest absolute Gasteiger partial charge is 0.242 e. The average Bonchev–Trinajstić information content (AvgIpc) is 3.22. The van der Waals surface area contributed by atoms with Crippen LogP contribution in [0.3, 0.4) is 0 Å². The monoisotopic (exact) mass is 373 g/mol. The van der Waals surface area contributed by atoms with Crippen molar-refractivity contribution >= 4 is 11.8 Å². The molecule has 2 aliphatic heterocycles. The van der Waals surface area contributed by atoms with E-state index in [4.69, 9.17) is 4.74 Å². The van der Waals surface area contributed by atoms with Crippen LogP contribution in [0.4, 0.5) is 0 Å². The molecule has 3 rings (SSSR count). The van der Waals surface area contributed by atoms with Crippen LogP contribution in [0.15, 0.2) is 24.3 Å². The standard InChI is InChI=1S/C21H31N3O3/c1-3-14(2)19(21(26)23-13-17-9-6-10-27-17)24-20(25)18-11-15-7-4-5-8-16(15)12-22-18/h4-5,7-8,14,17-19,22H,3,6,9-13H2,1-2H3,(H,23,26)(H,24,25)/t14-,17-,18+,19+/m1/s1. The Kier molecular flexibility index (Phi) is 6.85. The Morgan fingerprint density at radius 3 is 2.78 bits per heavy atom. The first kappa shape index (κ1) is 19.8. The fraction of sp³-hybridized carbons (Fsp3) is 0.619. The van der Waals surface area contributed by atoms with Crippen molar-refractivity contribution in [1.82, 2.24) is 16.0 Å². The van der Waals surface area contributed by atoms with Gasteiger partial charge in [-0.3, -0.25) is 9.59 Å². The number of fused-ring (bicyclic) bond motifs is 1. The van der Waals surface area contributed by atoms with Crippen LogP contribution in [0, 0.1) is 5.92 Å². The minimum absolute atomic E-state index is 0.0642. The second-order valence-electron chi connectivity index (χ2n) is 7.66. The number of nitrogens with one attached hydrogen (secondary N) is 3. The van der Waals surface area contributed by atoms with Crippen LogP contribution in [0.25, 0.3) is 0 Å². The first-order valence-corrected chi connectivity index (χ1v) is 10.1. The van der Waals surface area contributed by atoms with Gasteiger partial charge in [-0.1, -0.05) is 44.5 Å². The molecule has 2 heterocycles. The van der Waals surface area contributed by atoms with E-state index in [0.717, 1.165) is 25.9 Å². The summed E-state index contributed by atoms with van der Waals surface area (Å²) in [5.41, 5.74) is 2.42. The maximum atomic E-state index is 12.8. The molecule has 1 fully saturated rings. The molecule has 0 saturated carbocycles. The van der Waals surface area contributed by atoms with Crippen molar-refractivity contribution < 1.29 is 14.3 Å². The van der Waals surface area contributed by atoms with Crippen molar-refractivity contribution in [1.29, 1.82) is 0 Å². The average molecular weight is 373 g/mol. The molecule has 6 nitrogen and oxygen atoms in total. The Morgan fingerprint density at radius 1 is 1.30 bits per heavy atom. The minimum atomic E-state index is -0.525. The fourth-order valence-corrected chi connectivity index (χ4v) is 3.73. The van der Waals surface area contributed by atoms with Crippen molar-refractivity contribution in [2.45, 2.75) is 64.3 Å². The summed E-state index contributed by atoms with van der Waals surface area (Å²) in [5.74, 6) is -0.166. The molecule has 0 aliphatic carbocycles. The molecule has 4 atom stereocenters. The number of amides is 2. The van der Waals surface area contributed by atoms with Gasteiger partial charge in [0.05, 0.1) is 12.1 Å². The lowest BCUT2D eigenvalue weighted by atomic mass is 9.94. The highest BCUT2D eigenvalue weighted by Crippen LogP contribution is 2.17. The third kappa shape index (κ3) is 5.08. The van der Waals surface area contributed by atoms with Crippen LogP contribution in [-0.4, -0.2) is 43.2 Å². The molecule has 1 aromatic carbocycles. The SMILES string of the molecule is CC[C@@H](C)[C@H](NC(=O)[C@@H]1Cc2ccccc2CN1)C(=O)NC[C@H]1CCCO1. The van der Waals surface area contributed by atoms with Gasteiger partial charge < -0.3 is 20.7 Å². The summed E-state index contributed by atoms with van der Waals surface area (Å²) in [6.07, 6.45) is 3.58. The Morgan fingerprint density at radius 2 is 2.07 bits per heavy atom. The second kappa shape index (κ2) is 9.33. The van der Waals surface area contributed by atoms with E-state index < -0.39 is 6.04 Å². The zero-order valence-corrected chi connectivity index (χ0v) is 16.3. The largest absolute Gasteiger partial charge is 0.376 e. The fourth-order valence-electron chi connectivity index (χ4n) is 3.73. The number of carbonyl (C=O) groups excluding carboxylic acids is 2. The Balaban J connectivity index is 1.58. The normalized spacial score (nSPS) is 23.9. The molecule has 2 aliphatic rings. The van der Waals surface area contributed by atoms with Crippen LogP contribution in [0.5, 0.6) is 0 Å². The van der Waals surface area contributed by atoms with Gasteiger partial charge in [-0.25, -0.2) is 0 Å². The van der Waals surface area contributed by atoms with Crippen molar-refractivity contribution in [2.75, 3.05) is 13.2 Å². The summed E-state index contributed by atoms with van der Waals surface area (Å²) in [7, 11) is 0. The molecule has 0 aromatic heterocycles. The summed E-state index contributed by atoms with van der Waals surface area (Å²) in [6, 6.07) is 7.33. The molecule has 1 aromatic rings. The highest BCUT2D eigenvalue weighted by molar-refractivity contribution is 5.90. The number of hydrogen-bond acceptors (Lipinski definition) is 4. The van der Waals surface area contributed by atoms with Gasteiger partial charge in [0.25, 0.3) is 0 Å². The first-order valence-electron chi connectivity index (χ1n) is 10.1. The lowest BCUT2D eigenvalue weighted by Gasteiger charge is -2.29. The molecule has 3 N–H and O–H groups in total. The van der Waals surface area contributed by atoms with Crippen LogP contribution in [0.2, 0.25) is 0 Å². The van der Waals surface area contributed by atoms with Gasteiger partial charge in [0.2, 0.25) is 11.8 Å². The lowest BCUT2D eigenvalue weighted by molar-refractivity contribution is -0.131. The van der Waals surface area contributed by atoms with E-state index in [0.29, 0.717) is 19.5 Å². The topological polar surface area (TPSA) is 79.5 Å². The van der Waals surface area contributed by atoms with Crippen LogP contribution >= 0.6 is 0 Å². The second-order valence-corrected chi connectivity index (χ2v) is 7.66. The summed E-state index contributed by atoms with van der Waals surface area (Å²) in [4.78, 5) is 25.5. The van der Waals surface area contributed by atoms with E-state index in [1.54, 1.807) is 0 Å². The molecule has 2 amide bonds. The highest BCUT2D eigenvalue weighted by Gasteiger charge is 2.31. The summed E-state index contributed by atoms with van der Waals surface area (Å²) >= 11 is 0. The maximum Gasteiger partial charge on any atom is 0.242 e. The van der Waals surface area contributed by atoms with E-state index in [1.807, 2.05) is 26.0 Å². The number of rotatable bonds is 7. The molecule has 0 spiro atoms. The molecule has 6 heteroatoms. The maximum absolute atomic E-state index is 12.8. The summed E-state index contributed by atoms with van der Waals surface area (Å²) < 4.78 is 5.57. The molecule has 0 radical (unpaired) electrons. The lowest BCUT2D eigenvalue weighted by Crippen LogP contribution is -2.56. The molecule has 0 unspecified atom stereocenters. The van der Waals surface area contributed by atoms with Crippen molar-refractivity contribution in [2.24, 2.45) is 5.92 Å². The van der Waals surface area contributed by atoms with Crippen molar-refractivity contribution in [3.63, 3.8) is 0 Å². The van der Waals surface area contributed by atoms with Gasteiger partial charge in [-0.2, -0.15) is 0 Å². The third-order valence-electron chi connectivity index (χ3n) is 5.72. The van der Waals surface area contributed by atoms with Gasteiger partial charge in [-0.15, -0.1) is 0 Å². The number of carbonyl (C=O) groups is 2. The van der Waals surface area contributed by atoms with E-state index in [2.05, 4.69) is 28.1 Å². The molecule has 27 heavy (non-hydrogen) atoms. The summed E-state index contributed by atoms with van der Waals surface area (Å²) in [6.45, 7) is 5.98. The van der Waals surface area contributed by atoms with Crippen LogP contribution < -0.4 is 16.0 Å². The van der Waals surface area contributed by atoms with Gasteiger partial charge in [0.15, 0.2) is 0 Å². The molecular weight excluding hydrogens is 342 g/mol. The van der Waals surface area contributed by atoms with Crippen molar-refractivity contribution in [3.05, 3.63) is 35.4 Å². The molecule has 1 saturated heterocycles. The zero-order valence-electron chi connectivity index (χ0n) is 16.3. The quantitative estimate of drug-likeness (QED) is 0.677. The van der Waals surface area contributed by atoms with E-state index in [-0.39, 0.29) is 29.9 Å². The van der Waals surface area contributed by atoms with Crippen LogP contribution in [-0.2, 0) is 27.3 Å². The first-order chi connectivity index (χ1) is 13.1.